The quantitative estimate of drug-likeness (QED) is 0.848. The van der Waals surface area contributed by atoms with Crippen molar-refractivity contribution in [1.29, 1.82) is 0 Å². The molecule has 18 heavy (non-hydrogen) atoms. The summed E-state index contributed by atoms with van der Waals surface area (Å²) < 4.78 is 5.16. The number of carbonyl (C=O) groups is 1. The van der Waals surface area contributed by atoms with E-state index >= 15 is 0 Å². The number of rotatable bonds is 4. The van der Waals surface area contributed by atoms with Gasteiger partial charge in [0.05, 0.1) is 12.0 Å². The van der Waals surface area contributed by atoms with Crippen molar-refractivity contribution in [3.8, 4) is 11.5 Å². The lowest BCUT2D eigenvalue weighted by molar-refractivity contribution is 0.0948. The van der Waals surface area contributed by atoms with Gasteiger partial charge in [0.25, 0.3) is 5.91 Å². The summed E-state index contributed by atoms with van der Waals surface area (Å²) in [6.45, 7) is 2.49. The van der Waals surface area contributed by atoms with Crippen LogP contribution in [0, 0.1) is 0 Å². The van der Waals surface area contributed by atoms with E-state index in [4.69, 9.17) is 4.42 Å². The first-order chi connectivity index (χ1) is 8.70. The number of aromatic nitrogens is 2. The molecule has 2 aromatic heterocycles. The van der Waals surface area contributed by atoms with E-state index in [0.29, 0.717) is 18.0 Å². The Labute approximate surface area is 103 Å². The molecular formula is C12H13N3O3. The molecular weight excluding hydrogens is 234 g/mol. The summed E-state index contributed by atoms with van der Waals surface area (Å²) in [5.41, 5.74) is -0.0641. The summed E-state index contributed by atoms with van der Waals surface area (Å²) in [6, 6.07) is 4.88. The van der Waals surface area contributed by atoms with Gasteiger partial charge in [0.15, 0.2) is 0 Å². The molecule has 0 atom stereocenters. The third-order valence-corrected chi connectivity index (χ3v) is 2.30. The first kappa shape index (κ1) is 12.1. The Balaban J connectivity index is 2.33. The number of aromatic amines is 1. The van der Waals surface area contributed by atoms with Gasteiger partial charge in [-0.3, -0.25) is 4.79 Å². The van der Waals surface area contributed by atoms with Crippen LogP contribution in [0.5, 0.6) is 0 Å². The lowest BCUT2D eigenvalue weighted by atomic mass is 10.2. The largest absolute Gasteiger partial charge is 0.463 e. The van der Waals surface area contributed by atoms with Gasteiger partial charge < -0.3 is 14.7 Å². The molecule has 0 aliphatic heterocycles. The summed E-state index contributed by atoms with van der Waals surface area (Å²) in [5, 5.41) is 2.66. The van der Waals surface area contributed by atoms with Crippen LogP contribution in [0.1, 0.15) is 23.8 Å². The monoisotopic (exact) mass is 247 g/mol. The minimum Gasteiger partial charge on any atom is -0.463 e. The van der Waals surface area contributed by atoms with Crippen LogP contribution in [0.3, 0.4) is 0 Å². The molecule has 0 spiro atoms. The van der Waals surface area contributed by atoms with Crippen molar-refractivity contribution in [3.63, 3.8) is 0 Å². The molecule has 0 aliphatic rings. The summed E-state index contributed by atoms with van der Waals surface area (Å²) in [4.78, 5) is 29.3. The topological polar surface area (TPSA) is 88.0 Å². The predicted molar refractivity (Wildman–Crippen MR) is 65.2 cm³/mol. The Bertz CT molecular complexity index is 587. The van der Waals surface area contributed by atoms with Crippen molar-refractivity contribution < 1.29 is 9.21 Å². The molecule has 0 saturated heterocycles. The van der Waals surface area contributed by atoms with Crippen LogP contribution in [0.4, 0.5) is 0 Å². The van der Waals surface area contributed by atoms with Gasteiger partial charge in [-0.1, -0.05) is 6.92 Å². The van der Waals surface area contributed by atoms with Gasteiger partial charge in [-0.25, -0.2) is 4.79 Å². The molecule has 6 heteroatoms. The maximum absolute atomic E-state index is 11.7. The van der Waals surface area contributed by atoms with Gasteiger partial charge >= 0.3 is 5.69 Å². The summed E-state index contributed by atoms with van der Waals surface area (Å²) in [7, 11) is 0. The van der Waals surface area contributed by atoms with Crippen molar-refractivity contribution in [2.24, 2.45) is 0 Å². The van der Waals surface area contributed by atoms with Crippen molar-refractivity contribution in [2.75, 3.05) is 6.54 Å². The number of H-pyrrole nitrogens is 1. The third-order valence-electron chi connectivity index (χ3n) is 2.30. The highest BCUT2D eigenvalue weighted by Crippen LogP contribution is 2.15. The lowest BCUT2D eigenvalue weighted by Gasteiger charge is -2.03. The normalized spacial score (nSPS) is 10.3. The van der Waals surface area contributed by atoms with E-state index < -0.39 is 5.69 Å². The fraction of sp³-hybridized carbons (Fsp3) is 0.250. The van der Waals surface area contributed by atoms with Gasteiger partial charge in [-0.2, -0.15) is 4.98 Å². The van der Waals surface area contributed by atoms with Gasteiger partial charge in [0, 0.05) is 6.54 Å². The maximum atomic E-state index is 11.7. The van der Waals surface area contributed by atoms with E-state index in [1.54, 1.807) is 12.1 Å². The molecule has 0 radical (unpaired) electrons. The second-order valence-corrected chi connectivity index (χ2v) is 3.72. The Kier molecular flexibility index (Phi) is 3.57. The molecule has 2 N–H and O–H groups in total. The Hall–Kier alpha value is -2.37. The molecule has 2 heterocycles. The van der Waals surface area contributed by atoms with Crippen LogP contribution >= 0.6 is 0 Å². The van der Waals surface area contributed by atoms with Crippen LogP contribution in [0.2, 0.25) is 0 Å². The fourth-order valence-electron chi connectivity index (χ4n) is 1.47. The molecule has 0 fully saturated rings. The zero-order chi connectivity index (χ0) is 13.0. The average molecular weight is 247 g/mol. The van der Waals surface area contributed by atoms with Crippen LogP contribution in [0.15, 0.2) is 33.7 Å². The maximum Gasteiger partial charge on any atom is 0.346 e. The third kappa shape index (κ3) is 2.65. The molecule has 6 nitrogen and oxygen atoms in total. The van der Waals surface area contributed by atoms with E-state index in [2.05, 4.69) is 15.3 Å². The Morgan fingerprint density at radius 1 is 1.56 bits per heavy atom. The van der Waals surface area contributed by atoms with E-state index in [1.807, 2.05) is 6.92 Å². The van der Waals surface area contributed by atoms with E-state index in [1.165, 1.54) is 12.3 Å². The molecule has 0 aromatic carbocycles. The van der Waals surface area contributed by atoms with Gasteiger partial charge in [0.2, 0.25) is 0 Å². The van der Waals surface area contributed by atoms with Crippen molar-refractivity contribution in [3.05, 3.63) is 40.6 Å². The smallest absolute Gasteiger partial charge is 0.346 e. The first-order valence-electron chi connectivity index (χ1n) is 5.64. The average Bonchev–Trinajstić information content (AvgIpc) is 2.89. The number of hydrogen-bond acceptors (Lipinski definition) is 4. The molecule has 94 valence electrons. The van der Waals surface area contributed by atoms with Crippen LogP contribution in [-0.4, -0.2) is 22.4 Å². The summed E-state index contributed by atoms with van der Waals surface area (Å²) in [5.74, 6) is 0.120. The number of amides is 1. The van der Waals surface area contributed by atoms with E-state index in [0.717, 1.165) is 6.42 Å². The predicted octanol–water partition coefficient (Wildman–Crippen LogP) is 1.17. The van der Waals surface area contributed by atoms with Gasteiger partial charge in [-0.05, 0) is 24.6 Å². The number of hydrogen-bond donors (Lipinski definition) is 2. The molecule has 0 aliphatic carbocycles. The fourth-order valence-corrected chi connectivity index (χ4v) is 1.47. The molecule has 0 saturated carbocycles. The van der Waals surface area contributed by atoms with Crippen LogP contribution < -0.4 is 11.0 Å². The molecule has 2 rings (SSSR count). The number of furan rings is 1. The minimum absolute atomic E-state index is 0.0820. The molecule has 0 bridgehead atoms. The van der Waals surface area contributed by atoms with Crippen LogP contribution in [0.25, 0.3) is 11.5 Å². The minimum atomic E-state index is -0.578. The Morgan fingerprint density at radius 3 is 3.06 bits per heavy atom. The zero-order valence-electron chi connectivity index (χ0n) is 9.90. The van der Waals surface area contributed by atoms with Gasteiger partial charge in [-0.15, -0.1) is 0 Å². The zero-order valence-corrected chi connectivity index (χ0v) is 9.90. The standard InChI is InChI=1S/C12H13N3O3/c1-2-5-13-11(16)9-7-8(14-12(17)15-9)10-4-3-6-18-10/h3-4,6-7H,2,5H2,1H3,(H,13,16)(H,14,15,17). The number of nitrogens with one attached hydrogen (secondary N) is 2. The van der Waals surface area contributed by atoms with Crippen molar-refractivity contribution in [2.45, 2.75) is 13.3 Å². The summed E-state index contributed by atoms with van der Waals surface area (Å²) >= 11 is 0. The van der Waals surface area contributed by atoms with Crippen LogP contribution in [-0.2, 0) is 0 Å². The SMILES string of the molecule is CCCNC(=O)c1cc(-c2ccco2)[nH]c(=O)n1. The molecule has 1 amide bonds. The molecule has 0 unspecified atom stereocenters. The highest BCUT2D eigenvalue weighted by Gasteiger charge is 2.11. The number of nitrogens with zero attached hydrogens (tertiary/aromatic N) is 1. The highest BCUT2D eigenvalue weighted by molar-refractivity contribution is 5.92. The van der Waals surface area contributed by atoms with E-state index in [-0.39, 0.29) is 11.6 Å². The lowest BCUT2D eigenvalue weighted by Crippen LogP contribution is -2.27. The number of carbonyl (C=O) groups excluding carboxylic acids is 1. The second-order valence-electron chi connectivity index (χ2n) is 3.72. The highest BCUT2D eigenvalue weighted by atomic mass is 16.3. The Morgan fingerprint density at radius 2 is 2.39 bits per heavy atom. The summed E-state index contributed by atoms with van der Waals surface area (Å²) in [6.07, 6.45) is 2.31. The van der Waals surface area contributed by atoms with Crippen molar-refractivity contribution in [1.82, 2.24) is 15.3 Å². The van der Waals surface area contributed by atoms with Crippen molar-refractivity contribution >= 4 is 5.91 Å². The molecule has 2 aromatic rings. The first-order valence-corrected chi connectivity index (χ1v) is 5.64. The van der Waals surface area contributed by atoms with Gasteiger partial charge in [0.1, 0.15) is 11.5 Å². The second kappa shape index (κ2) is 5.31. The van der Waals surface area contributed by atoms with E-state index in [9.17, 15) is 9.59 Å².